The number of hydrogen-bond donors (Lipinski definition) is 0. The van der Waals surface area contributed by atoms with Gasteiger partial charge in [-0.25, -0.2) is 4.90 Å². The van der Waals surface area contributed by atoms with E-state index in [1.807, 2.05) is 6.92 Å². The summed E-state index contributed by atoms with van der Waals surface area (Å²) in [6, 6.07) is 3.09. The van der Waals surface area contributed by atoms with Crippen molar-refractivity contribution in [3.8, 4) is 5.75 Å². The van der Waals surface area contributed by atoms with Crippen LogP contribution >= 0.6 is 0 Å². The van der Waals surface area contributed by atoms with Crippen molar-refractivity contribution in [1.29, 1.82) is 0 Å². The summed E-state index contributed by atoms with van der Waals surface area (Å²) in [6.45, 7) is 9.12. The second kappa shape index (κ2) is 8.41. The zero-order chi connectivity index (χ0) is 19.3. The summed E-state index contributed by atoms with van der Waals surface area (Å²) in [5.74, 6) is -1.49. The van der Waals surface area contributed by atoms with Gasteiger partial charge >= 0.3 is 0 Å². The molecule has 0 aliphatic rings. The van der Waals surface area contributed by atoms with Crippen LogP contribution in [0.3, 0.4) is 0 Å². The molecule has 0 saturated heterocycles. The molecule has 0 bridgehead atoms. The molecule has 0 spiro atoms. The van der Waals surface area contributed by atoms with Gasteiger partial charge in [0.1, 0.15) is 5.75 Å². The summed E-state index contributed by atoms with van der Waals surface area (Å²) in [4.78, 5) is 49.5. The summed E-state index contributed by atoms with van der Waals surface area (Å²) in [5.41, 5.74) is 1.22. The van der Waals surface area contributed by atoms with E-state index in [-0.39, 0.29) is 5.75 Å². The van der Waals surface area contributed by atoms with E-state index >= 15 is 0 Å². The monoisotopic (exact) mass is 348 g/mol. The highest BCUT2D eigenvalue weighted by Gasteiger charge is 2.25. The lowest BCUT2D eigenvalue weighted by atomic mass is 10.1. The second-order valence-electron chi connectivity index (χ2n) is 5.70. The zero-order valence-corrected chi connectivity index (χ0v) is 15.5. The van der Waals surface area contributed by atoms with Gasteiger partial charge in [-0.1, -0.05) is 6.92 Å². The van der Waals surface area contributed by atoms with E-state index in [2.05, 4.69) is 0 Å². The normalized spacial score (nSPS) is 10.2. The van der Waals surface area contributed by atoms with Crippen molar-refractivity contribution < 1.29 is 23.9 Å². The van der Waals surface area contributed by atoms with E-state index in [4.69, 9.17) is 4.74 Å². The number of imide groups is 2. The molecule has 4 amide bonds. The summed E-state index contributed by atoms with van der Waals surface area (Å²) in [6.07, 6.45) is 0.714. The topological polar surface area (TPSA) is 84.0 Å². The lowest BCUT2D eigenvalue weighted by Gasteiger charge is -2.25. The molecular weight excluding hydrogens is 324 g/mol. The Morgan fingerprint density at radius 2 is 1.28 bits per heavy atom. The van der Waals surface area contributed by atoms with E-state index < -0.39 is 23.6 Å². The Hall–Kier alpha value is -2.70. The summed E-state index contributed by atoms with van der Waals surface area (Å²) in [5, 5.41) is 0. The molecule has 0 aromatic heterocycles. The molecule has 0 saturated carbocycles. The number of aryl methyl sites for hydroxylation is 1. The Kier molecular flexibility index (Phi) is 6.85. The number of nitrogens with zero attached hydrogens (tertiary/aromatic N) is 2. The fraction of sp³-hybridized carbons (Fsp3) is 0.444. The van der Waals surface area contributed by atoms with Gasteiger partial charge in [-0.15, -0.1) is 0 Å². The van der Waals surface area contributed by atoms with Crippen molar-refractivity contribution in [2.24, 2.45) is 0 Å². The van der Waals surface area contributed by atoms with Crippen molar-refractivity contribution in [2.45, 2.75) is 48.0 Å². The van der Waals surface area contributed by atoms with Crippen molar-refractivity contribution >= 4 is 35.0 Å². The van der Waals surface area contributed by atoms with Gasteiger partial charge in [0.25, 0.3) is 0 Å². The molecule has 25 heavy (non-hydrogen) atoms. The third-order valence-electron chi connectivity index (χ3n) is 3.48. The van der Waals surface area contributed by atoms with Gasteiger partial charge in [-0.05, 0) is 25.0 Å². The highest BCUT2D eigenvalue weighted by Crippen LogP contribution is 2.36. The minimum Gasteiger partial charge on any atom is -0.491 e. The smallest absolute Gasteiger partial charge is 0.230 e. The third-order valence-corrected chi connectivity index (χ3v) is 3.48. The molecule has 1 aromatic rings. The van der Waals surface area contributed by atoms with E-state index in [9.17, 15) is 19.2 Å². The molecule has 0 unspecified atom stereocenters. The lowest BCUT2D eigenvalue weighted by Crippen LogP contribution is -2.35. The standard InChI is InChI=1S/C18H24N2O5/c1-7-8-25-18-10-16(19(12(3)21)13(4)22)11(2)9-17(18)20(14(5)23)15(6)24/h9-10H,7-8H2,1-6H3. The van der Waals surface area contributed by atoms with E-state index in [1.165, 1.54) is 33.8 Å². The minimum atomic E-state index is -0.448. The van der Waals surface area contributed by atoms with Crippen LogP contribution in [0.1, 0.15) is 46.6 Å². The molecule has 0 heterocycles. The average Bonchev–Trinajstić information content (AvgIpc) is 2.46. The quantitative estimate of drug-likeness (QED) is 0.816. The fourth-order valence-electron chi connectivity index (χ4n) is 2.53. The fourth-order valence-corrected chi connectivity index (χ4v) is 2.53. The maximum atomic E-state index is 11.9. The van der Waals surface area contributed by atoms with Gasteiger partial charge in [-0.3, -0.25) is 24.1 Å². The number of hydrogen-bond acceptors (Lipinski definition) is 5. The zero-order valence-electron chi connectivity index (χ0n) is 15.5. The maximum absolute atomic E-state index is 11.9. The van der Waals surface area contributed by atoms with Gasteiger partial charge in [0.05, 0.1) is 18.0 Å². The van der Waals surface area contributed by atoms with Gasteiger partial charge < -0.3 is 4.74 Å². The molecule has 7 heteroatoms. The second-order valence-corrected chi connectivity index (χ2v) is 5.70. The van der Waals surface area contributed by atoms with Gasteiger partial charge in [0.15, 0.2) is 0 Å². The molecule has 1 aromatic carbocycles. The number of ether oxygens (including phenoxy) is 1. The van der Waals surface area contributed by atoms with Gasteiger partial charge in [0.2, 0.25) is 23.6 Å². The number of amides is 4. The first-order valence-corrected chi connectivity index (χ1v) is 8.01. The number of anilines is 2. The summed E-state index contributed by atoms with van der Waals surface area (Å²) >= 11 is 0. The lowest BCUT2D eigenvalue weighted by molar-refractivity contribution is -0.126. The molecular formula is C18H24N2O5. The maximum Gasteiger partial charge on any atom is 0.230 e. The van der Waals surface area contributed by atoms with Crippen molar-refractivity contribution in [3.05, 3.63) is 17.7 Å². The molecule has 0 aliphatic heterocycles. The molecule has 0 N–H and O–H groups in total. The number of rotatable bonds is 5. The molecule has 7 nitrogen and oxygen atoms in total. The molecule has 0 aliphatic carbocycles. The Morgan fingerprint density at radius 3 is 1.68 bits per heavy atom. The number of carbonyl (C=O) groups is 4. The molecule has 1 rings (SSSR count). The Morgan fingerprint density at radius 1 is 0.840 bits per heavy atom. The first-order valence-electron chi connectivity index (χ1n) is 8.01. The van der Waals surface area contributed by atoms with Crippen LogP contribution in [0.15, 0.2) is 12.1 Å². The molecule has 0 radical (unpaired) electrons. The van der Waals surface area contributed by atoms with E-state index in [0.29, 0.717) is 30.0 Å². The van der Waals surface area contributed by atoms with Crippen molar-refractivity contribution in [3.63, 3.8) is 0 Å². The predicted octanol–water partition coefficient (Wildman–Crippen LogP) is 2.58. The van der Waals surface area contributed by atoms with Crippen LogP contribution in [-0.2, 0) is 19.2 Å². The van der Waals surface area contributed by atoms with Crippen LogP contribution in [0.25, 0.3) is 0 Å². The highest BCUT2D eigenvalue weighted by molar-refractivity contribution is 6.16. The predicted molar refractivity (Wildman–Crippen MR) is 94.6 cm³/mol. The number of carbonyl (C=O) groups excluding carboxylic acids is 4. The van der Waals surface area contributed by atoms with E-state index in [0.717, 1.165) is 9.80 Å². The summed E-state index contributed by atoms with van der Waals surface area (Å²) in [7, 11) is 0. The number of benzene rings is 1. The van der Waals surface area contributed by atoms with Crippen LogP contribution in [0.4, 0.5) is 11.4 Å². The first-order chi connectivity index (χ1) is 11.6. The van der Waals surface area contributed by atoms with Crippen LogP contribution in [-0.4, -0.2) is 30.2 Å². The largest absolute Gasteiger partial charge is 0.491 e. The van der Waals surface area contributed by atoms with Crippen LogP contribution in [0, 0.1) is 6.92 Å². The van der Waals surface area contributed by atoms with Crippen LogP contribution in [0.5, 0.6) is 5.75 Å². The summed E-state index contributed by atoms with van der Waals surface area (Å²) < 4.78 is 5.68. The molecule has 0 fully saturated rings. The average molecular weight is 348 g/mol. The van der Waals surface area contributed by atoms with Gasteiger partial charge in [0, 0.05) is 33.8 Å². The van der Waals surface area contributed by atoms with Gasteiger partial charge in [-0.2, -0.15) is 0 Å². The minimum absolute atomic E-state index is 0.264. The Labute approximate surface area is 147 Å². The Bertz CT molecular complexity index is 684. The molecule has 0 atom stereocenters. The Balaban J connectivity index is 3.62. The first kappa shape index (κ1) is 20.3. The SMILES string of the molecule is CCCOc1cc(N(C(C)=O)C(C)=O)c(C)cc1N(C(C)=O)C(C)=O. The van der Waals surface area contributed by atoms with E-state index in [1.54, 1.807) is 13.0 Å². The van der Waals surface area contributed by atoms with Crippen LogP contribution < -0.4 is 14.5 Å². The van der Waals surface area contributed by atoms with Crippen LogP contribution in [0.2, 0.25) is 0 Å². The van der Waals surface area contributed by atoms with Crippen molar-refractivity contribution in [1.82, 2.24) is 0 Å². The third kappa shape index (κ3) is 4.65. The highest BCUT2D eigenvalue weighted by atomic mass is 16.5. The van der Waals surface area contributed by atoms with Crippen molar-refractivity contribution in [2.75, 3.05) is 16.4 Å². The molecule has 136 valence electrons.